The Morgan fingerprint density at radius 2 is 2.22 bits per heavy atom. The van der Waals surface area contributed by atoms with Crippen molar-refractivity contribution >= 4 is 21.9 Å². The molecule has 5 heteroatoms. The fraction of sp³-hybridized carbons (Fsp3) is 0.462. The normalized spacial score (nSPS) is 12.0. The number of esters is 1. The van der Waals surface area contributed by atoms with E-state index in [-0.39, 0.29) is 12.0 Å². The predicted octanol–water partition coefficient (Wildman–Crippen LogP) is 2.80. The zero-order valence-corrected chi connectivity index (χ0v) is 12.2. The van der Waals surface area contributed by atoms with Crippen molar-refractivity contribution in [3.05, 3.63) is 28.2 Å². The van der Waals surface area contributed by atoms with E-state index in [1.54, 1.807) is 0 Å². The van der Waals surface area contributed by atoms with Gasteiger partial charge in [0.1, 0.15) is 5.75 Å². The van der Waals surface area contributed by atoms with Crippen molar-refractivity contribution in [3.63, 3.8) is 0 Å². The summed E-state index contributed by atoms with van der Waals surface area (Å²) in [5, 5.41) is 0. The molecule has 0 saturated heterocycles. The summed E-state index contributed by atoms with van der Waals surface area (Å²) in [7, 11) is 1.38. The highest BCUT2D eigenvalue weighted by molar-refractivity contribution is 9.10. The highest BCUT2D eigenvalue weighted by Gasteiger charge is 2.09. The van der Waals surface area contributed by atoms with Gasteiger partial charge >= 0.3 is 5.97 Å². The lowest BCUT2D eigenvalue weighted by Crippen LogP contribution is -2.09. The van der Waals surface area contributed by atoms with E-state index in [9.17, 15) is 4.79 Å². The van der Waals surface area contributed by atoms with Crippen molar-refractivity contribution in [1.29, 1.82) is 0 Å². The maximum atomic E-state index is 10.9. The van der Waals surface area contributed by atoms with Crippen LogP contribution in [0.15, 0.2) is 22.7 Å². The number of rotatable bonds is 6. The molecule has 0 aliphatic rings. The average Bonchev–Trinajstić information content (AvgIpc) is 2.35. The largest absolute Gasteiger partial charge is 0.493 e. The van der Waals surface area contributed by atoms with Crippen LogP contribution in [0.1, 0.15) is 31.4 Å². The molecule has 1 rings (SSSR count). The molecular weight excluding hydrogens is 298 g/mol. The van der Waals surface area contributed by atoms with Crippen LogP contribution in [0.3, 0.4) is 0 Å². The number of nitrogens with two attached hydrogens (primary N) is 1. The van der Waals surface area contributed by atoms with Gasteiger partial charge in [0, 0.05) is 22.5 Å². The molecule has 0 unspecified atom stereocenters. The molecule has 0 fully saturated rings. The monoisotopic (exact) mass is 315 g/mol. The summed E-state index contributed by atoms with van der Waals surface area (Å²) in [5.41, 5.74) is 6.83. The standard InChI is InChI=1S/C13H18BrNO3/c1-9(15)11-8-10(14)5-6-12(11)18-7-3-4-13(16)17-2/h5-6,8-9H,3-4,7,15H2,1-2H3/t9-/m1/s1. The van der Waals surface area contributed by atoms with E-state index in [0.29, 0.717) is 19.4 Å². The van der Waals surface area contributed by atoms with Crippen LogP contribution < -0.4 is 10.5 Å². The number of halogens is 1. The van der Waals surface area contributed by atoms with Crippen LogP contribution in [0.25, 0.3) is 0 Å². The lowest BCUT2D eigenvalue weighted by Gasteiger charge is -2.14. The summed E-state index contributed by atoms with van der Waals surface area (Å²) in [6.07, 6.45) is 0.988. The van der Waals surface area contributed by atoms with Crippen LogP contribution in [0, 0.1) is 0 Å². The third-order valence-corrected chi connectivity index (χ3v) is 2.97. The zero-order valence-electron chi connectivity index (χ0n) is 10.6. The number of hydrogen-bond acceptors (Lipinski definition) is 4. The molecule has 100 valence electrons. The molecule has 0 heterocycles. The van der Waals surface area contributed by atoms with Crippen molar-refractivity contribution < 1.29 is 14.3 Å². The molecule has 2 N–H and O–H groups in total. The van der Waals surface area contributed by atoms with Gasteiger partial charge in [0.2, 0.25) is 0 Å². The van der Waals surface area contributed by atoms with E-state index in [1.807, 2.05) is 25.1 Å². The Labute approximate surface area is 116 Å². The number of ether oxygens (including phenoxy) is 2. The molecule has 18 heavy (non-hydrogen) atoms. The second-order valence-electron chi connectivity index (χ2n) is 4.00. The van der Waals surface area contributed by atoms with E-state index in [0.717, 1.165) is 15.8 Å². The van der Waals surface area contributed by atoms with Crippen LogP contribution in [-0.2, 0) is 9.53 Å². The smallest absolute Gasteiger partial charge is 0.305 e. The maximum Gasteiger partial charge on any atom is 0.305 e. The minimum atomic E-state index is -0.221. The maximum absolute atomic E-state index is 10.9. The molecule has 0 aliphatic heterocycles. The molecule has 0 spiro atoms. The van der Waals surface area contributed by atoms with E-state index >= 15 is 0 Å². The highest BCUT2D eigenvalue weighted by Crippen LogP contribution is 2.27. The van der Waals surface area contributed by atoms with Gasteiger partial charge in [-0.25, -0.2) is 0 Å². The van der Waals surface area contributed by atoms with Gasteiger partial charge in [-0.05, 0) is 31.5 Å². The molecule has 1 atom stereocenters. The molecule has 0 radical (unpaired) electrons. The topological polar surface area (TPSA) is 61.5 Å². The van der Waals surface area contributed by atoms with Crippen LogP contribution >= 0.6 is 15.9 Å². The van der Waals surface area contributed by atoms with Gasteiger partial charge in [0.05, 0.1) is 13.7 Å². The number of carbonyl (C=O) groups is 1. The van der Waals surface area contributed by atoms with Crippen LogP contribution in [-0.4, -0.2) is 19.7 Å². The first-order valence-electron chi connectivity index (χ1n) is 5.79. The summed E-state index contributed by atoms with van der Waals surface area (Å²) in [4.78, 5) is 10.9. The van der Waals surface area contributed by atoms with Gasteiger partial charge in [-0.2, -0.15) is 0 Å². The first-order valence-corrected chi connectivity index (χ1v) is 6.58. The van der Waals surface area contributed by atoms with Crippen molar-refractivity contribution in [1.82, 2.24) is 0 Å². The average molecular weight is 316 g/mol. The number of hydrogen-bond donors (Lipinski definition) is 1. The van der Waals surface area contributed by atoms with Gasteiger partial charge in [0.25, 0.3) is 0 Å². The van der Waals surface area contributed by atoms with E-state index in [2.05, 4.69) is 20.7 Å². The summed E-state index contributed by atoms with van der Waals surface area (Å²) >= 11 is 3.40. The van der Waals surface area contributed by atoms with Crippen LogP contribution in [0.5, 0.6) is 5.75 Å². The van der Waals surface area contributed by atoms with E-state index in [1.165, 1.54) is 7.11 Å². The fourth-order valence-electron chi connectivity index (χ4n) is 1.51. The summed E-state index contributed by atoms with van der Waals surface area (Å²) in [6.45, 7) is 2.37. The second kappa shape index (κ2) is 7.38. The Balaban J connectivity index is 2.54. The molecule has 0 aromatic heterocycles. The quantitative estimate of drug-likeness (QED) is 0.647. The molecule has 0 amide bonds. The lowest BCUT2D eigenvalue weighted by molar-refractivity contribution is -0.140. The molecule has 1 aromatic carbocycles. The number of benzene rings is 1. The Morgan fingerprint density at radius 3 is 2.83 bits per heavy atom. The Hall–Kier alpha value is -1.07. The van der Waals surface area contributed by atoms with Gasteiger partial charge in [-0.3, -0.25) is 4.79 Å². The summed E-state index contributed by atoms with van der Waals surface area (Å²) < 4.78 is 11.2. The SMILES string of the molecule is COC(=O)CCCOc1ccc(Br)cc1[C@@H](C)N. The van der Waals surface area contributed by atoms with Crippen molar-refractivity contribution in [3.8, 4) is 5.75 Å². The van der Waals surface area contributed by atoms with E-state index in [4.69, 9.17) is 10.5 Å². The molecule has 4 nitrogen and oxygen atoms in total. The first kappa shape index (κ1) is 15.0. The molecule has 0 saturated carbocycles. The number of carbonyl (C=O) groups excluding carboxylic acids is 1. The minimum absolute atomic E-state index is 0.0990. The Bertz CT molecular complexity index is 407. The van der Waals surface area contributed by atoms with Crippen LogP contribution in [0.2, 0.25) is 0 Å². The first-order chi connectivity index (χ1) is 8.54. The number of methoxy groups -OCH3 is 1. The van der Waals surface area contributed by atoms with Gasteiger partial charge < -0.3 is 15.2 Å². The van der Waals surface area contributed by atoms with Crippen LogP contribution in [0.4, 0.5) is 0 Å². The third kappa shape index (κ3) is 4.66. The van der Waals surface area contributed by atoms with Crippen molar-refractivity contribution in [2.24, 2.45) is 5.73 Å². The molecule has 0 aliphatic carbocycles. The van der Waals surface area contributed by atoms with Crippen molar-refractivity contribution in [2.45, 2.75) is 25.8 Å². The third-order valence-electron chi connectivity index (χ3n) is 2.47. The zero-order chi connectivity index (χ0) is 13.5. The van der Waals surface area contributed by atoms with Crippen molar-refractivity contribution in [2.75, 3.05) is 13.7 Å². The minimum Gasteiger partial charge on any atom is -0.493 e. The molecule has 1 aromatic rings. The highest BCUT2D eigenvalue weighted by atomic mass is 79.9. The Morgan fingerprint density at radius 1 is 1.50 bits per heavy atom. The summed E-state index contributed by atoms with van der Waals surface area (Å²) in [6, 6.07) is 5.63. The predicted molar refractivity (Wildman–Crippen MR) is 73.5 cm³/mol. The van der Waals surface area contributed by atoms with Gasteiger partial charge in [-0.1, -0.05) is 15.9 Å². The molecule has 0 bridgehead atoms. The lowest BCUT2D eigenvalue weighted by atomic mass is 10.1. The fourth-order valence-corrected chi connectivity index (χ4v) is 1.89. The Kier molecular flexibility index (Phi) is 6.15. The van der Waals surface area contributed by atoms with E-state index < -0.39 is 0 Å². The molecular formula is C13H18BrNO3. The van der Waals surface area contributed by atoms with Gasteiger partial charge in [0.15, 0.2) is 0 Å². The second-order valence-corrected chi connectivity index (χ2v) is 4.91. The summed E-state index contributed by atoms with van der Waals surface area (Å²) in [5.74, 6) is 0.542. The van der Waals surface area contributed by atoms with Gasteiger partial charge in [-0.15, -0.1) is 0 Å².